The lowest BCUT2D eigenvalue weighted by atomic mass is 10.1. The molecule has 2 aromatic rings. The van der Waals surface area contributed by atoms with Crippen molar-refractivity contribution >= 4 is 21.8 Å². The standard InChI is InChI=1S/C15H16BrNO3/c1-8-6-13(10(3)20-8)9(2)17-15(19)12-5-4-11(16)7-14(12)18/h4-7,9,18H,1-3H3,(H,17,19). The molecule has 0 saturated carbocycles. The Morgan fingerprint density at radius 1 is 1.35 bits per heavy atom. The zero-order valence-electron chi connectivity index (χ0n) is 11.5. The van der Waals surface area contributed by atoms with Crippen molar-refractivity contribution in [2.24, 2.45) is 0 Å². The van der Waals surface area contributed by atoms with Gasteiger partial charge in [0.2, 0.25) is 0 Å². The average molecular weight is 338 g/mol. The number of halogens is 1. The summed E-state index contributed by atoms with van der Waals surface area (Å²) in [4.78, 5) is 12.2. The molecule has 2 N–H and O–H groups in total. The van der Waals surface area contributed by atoms with Crippen LogP contribution in [0.15, 0.2) is 33.2 Å². The molecule has 1 aromatic carbocycles. The van der Waals surface area contributed by atoms with E-state index in [4.69, 9.17) is 4.42 Å². The third-order valence-electron chi connectivity index (χ3n) is 3.10. The van der Waals surface area contributed by atoms with Crippen molar-refractivity contribution in [1.82, 2.24) is 5.32 Å². The fourth-order valence-electron chi connectivity index (χ4n) is 2.13. The Labute approximate surface area is 125 Å². The molecule has 0 aliphatic rings. The van der Waals surface area contributed by atoms with E-state index >= 15 is 0 Å². The third kappa shape index (κ3) is 3.04. The van der Waals surface area contributed by atoms with Crippen LogP contribution < -0.4 is 5.32 Å². The normalized spacial score (nSPS) is 12.2. The second-order valence-electron chi connectivity index (χ2n) is 4.73. The number of aryl methyl sites for hydroxylation is 2. The number of hydrogen-bond acceptors (Lipinski definition) is 3. The average Bonchev–Trinajstić information content (AvgIpc) is 2.68. The van der Waals surface area contributed by atoms with Crippen LogP contribution in [0.5, 0.6) is 5.75 Å². The monoisotopic (exact) mass is 337 g/mol. The molecule has 0 aliphatic heterocycles. The zero-order chi connectivity index (χ0) is 14.9. The summed E-state index contributed by atoms with van der Waals surface area (Å²) in [6.45, 7) is 5.61. The first kappa shape index (κ1) is 14.7. The number of phenolic OH excluding ortho intramolecular Hbond substituents is 1. The molecule has 1 heterocycles. The lowest BCUT2D eigenvalue weighted by molar-refractivity contribution is 0.0937. The fraction of sp³-hybridized carbons (Fsp3) is 0.267. The Kier molecular flexibility index (Phi) is 4.18. The van der Waals surface area contributed by atoms with Gasteiger partial charge in [-0.25, -0.2) is 0 Å². The van der Waals surface area contributed by atoms with Gasteiger partial charge in [-0.05, 0) is 45.0 Å². The predicted octanol–water partition coefficient (Wildman–Crippen LogP) is 3.86. The molecular formula is C15H16BrNO3. The van der Waals surface area contributed by atoms with Crippen molar-refractivity contribution in [2.45, 2.75) is 26.8 Å². The summed E-state index contributed by atoms with van der Waals surface area (Å²) in [7, 11) is 0. The van der Waals surface area contributed by atoms with Crippen LogP contribution in [0.3, 0.4) is 0 Å². The second kappa shape index (κ2) is 5.71. The van der Waals surface area contributed by atoms with Gasteiger partial charge in [-0.2, -0.15) is 0 Å². The maximum Gasteiger partial charge on any atom is 0.255 e. The molecule has 4 nitrogen and oxygen atoms in total. The molecule has 1 unspecified atom stereocenters. The molecule has 0 radical (unpaired) electrons. The summed E-state index contributed by atoms with van der Waals surface area (Å²) in [5.74, 6) is 1.23. The highest BCUT2D eigenvalue weighted by molar-refractivity contribution is 9.10. The molecular weight excluding hydrogens is 322 g/mol. The van der Waals surface area contributed by atoms with E-state index in [0.717, 1.165) is 21.6 Å². The smallest absolute Gasteiger partial charge is 0.255 e. The van der Waals surface area contributed by atoms with Gasteiger partial charge in [-0.3, -0.25) is 4.79 Å². The van der Waals surface area contributed by atoms with Gasteiger partial charge in [0.05, 0.1) is 11.6 Å². The van der Waals surface area contributed by atoms with E-state index in [1.165, 1.54) is 6.07 Å². The van der Waals surface area contributed by atoms with Crippen molar-refractivity contribution in [1.29, 1.82) is 0 Å². The lowest BCUT2D eigenvalue weighted by Crippen LogP contribution is -2.26. The van der Waals surface area contributed by atoms with Crippen LogP contribution in [0.25, 0.3) is 0 Å². The Morgan fingerprint density at radius 2 is 2.05 bits per heavy atom. The van der Waals surface area contributed by atoms with E-state index in [-0.39, 0.29) is 23.3 Å². The molecule has 0 bridgehead atoms. The van der Waals surface area contributed by atoms with Crippen LogP contribution in [0.2, 0.25) is 0 Å². The number of carbonyl (C=O) groups excluding carboxylic acids is 1. The molecule has 0 fully saturated rings. The molecule has 1 atom stereocenters. The highest BCUT2D eigenvalue weighted by Crippen LogP contribution is 2.25. The van der Waals surface area contributed by atoms with Crippen molar-refractivity contribution in [3.05, 3.63) is 51.4 Å². The molecule has 1 aromatic heterocycles. The van der Waals surface area contributed by atoms with Gasteiger partial charge in [0.1, 0.15) is 17.3 Å². The van der Waals surface area contributed by atoms with Crippen molar-refractivity contribution in [2.75, 3.05) is 0 Å². The van der Waals surface area contributed by atoms with Gasteiger partial charge in [-0.1, -0.05) is 15.9 Å². The number of amides is 1. The van der Waals surface area contributed by atoms with Gasteiger partial charge < -0.3 is 14.8 Å². The van der Waals surface area contributed by atoms with Gasteiger partial charge in [-0.15, -0.1) is 0 Å². The quantitative estimate of drug-likeness (QED) is 0.893. The molecule has 0 spiro atoms. The third-order valence-corrected chi connectivity index (χ3v) is 3.59. The van der Waals surface area contributed by atoms with E-state index in [1.54, 1.807) is 12.1 Å². The Balaban J connectivity index is 2.17. The summed E-state index contributed by atoms with van der Waals surface area (Å²) in [6, 6.07) is 6.50. The molecule has 5 heteroatoms. The van der Waals surface area contributed by atoms with Gasteiger partial charge in [0.15, 0.2) is 0 Å². The summed E-state index contributed by atoms with van der Waals surface area (Å²) in [5, 5.41) is 12.6. The molecule has 0 aliphatic carbocycles. The zero-order valence-corrected chi connectivity index (χ0v) is 13.1. The Bertz CT molecular complexity index is 649. The van der Waals surface area contributed by atoms with Gasteiger partial charge in [0.25, 0.3) is 5.91 Å². The molecule has 106 valence electrons. The minimum absolute atomic E-state index is 0.0517. The number of benzene rings is 1. The first-order valence-corrected chi connectivity index (χ1v) is 7.04. The van der Waals surface area contributed by atoms with Crippen molar-refractivity contribution < 1.29 is 14.3 Å². The van der Waals surface area contributed by atoms with Crippen LogP contribution in [0, 0.1) is 13.8 Å². The van der Waals surface area contributed by atoms with Gasteiger partial charge >= 0.3 is 0 Å². The van der Waals surface area contributed by atoms with Crippen LogP contribution >= 0.6 is 15.9 Å². The molecule has 1 amide bonds. The number of carbonyl (C=O) groups is 1. The first-order valence-electron chi connectivity index (χ1n) is 6.25. The summed E-state index contributed by atoms with van der Waals surface area (Å²) in [6.07, 6.45) is 0. The van der Waals surface area contributed by atoms with Crippen LogP contribution in [0.4, 0.5) is 0 Å². The Morgan fingerprint density at radius 3 is 2.60 bits per heavy atom. The predicted molar refractivity (Wildman–Crippen MR) is 79.9 cm³/mol. The van der Waals surface area contributed by atoms with E-state index < -0.39 is 0 Å². The second-order valence-corrected chi connectivity index (χ2v) is 5.64. The topological polar surface area (TPSA) is 62.5 Å². The summed E-state index contributed by atoms with van der Waals surface area (Å²) < 4.78 is 6.18. The van der Waals surface area contributed by atoms with E-state index in [9.17, 15) is 9.90 Å². The highest BCUT2D eigenvalue weighted by atomic mass is 79.9. The highest BCUT2D eigenvalue weighted by Gasteiger charge is 2.18. The summed E-state index contributed by atoms with van der Waals surface area (Å²) >= 11 is 3.24. The lowest BCUT2D eigenvalue weighted by Gasteiger charge is -2.14. The van der Waals surface area contributed by atoms with Gasteiger partial charge in [0, 0.05) is 10.0 Å². The van der Waals surface area contributed by atoms with Crippen LogP contribution in [-0.4, -0.2) is 11.0 Å². The molecule has 2 rings (SSSR count). The minimum atomic E-state index is -0.319. The maximum atomic E-state index is 12.2. The van der Waals surface area contributed by atoms with Crippen LogP contribution in [0.1, 0.15) is 40.4 Å². The van der Waals surface area contributed by atoms with Crippen molar-refractivity contribution in [3.63, 3.8) is 0 Å². The number of furan rings is 1. The Hall–Kier alpha value is -1.75. The molecule has 0 saturated heterocycles. The minimum Gasteiger partial charge on any atom is -0.507 e. The fourth-order valence-corrected chi connectivity index (χ4v) is 2.48. The first-order chi connectivity index (χ1) is 9.38. The summed E-state index contributed by atoms with van der Waals surface area (Å²) in [5.41, 5.74) is 1.19. The number of phenols is 1. The molecule has 20 heavy (non-hydrogen) atoms. The number of rotatable bonds is 3. The van der Waals surface area contributed by atoms with E-state index in [0.29, 0.717) is 0 Å². The largest absolute Gasteiger partial charge is 0.507 e. The van der Waals surface area contributed by atoms with E-state index in [2.05, 4.69) is 21.2 Å². The SMILES string of the molecule is Cc1cc(C(C)NC(=O)c2ccc(Br)cc2O)c(C)o1. The number of nitrogens with one attached hydrogen (secondary N) is 1. The van der Waals surface area contributed by atoms with Crippen molar-refractivity contribution in [3.8, 4) is 5.75 Å². The number of aromatic hydroxyl groups is 1. The number of hydrogen-bond donors (Lipinski definition) is 2. The van der Waals surface area contributed by atoms with E-state index in [1.807, 2.05) is 26.8 Å². The maximum absolute atomic E-state index is 12.2. The van der Waals surface area contributed by atoms with Crippen LogP contribution in [-0.2, 0) is 0 Å².